The van der Waals surface area contributed by atoms with Crippen molar-refractivity contribution in [2.24, 2.45) is 5.14 Å². The van der Waals surface area contributed by atoms with E-state index in [1.165, 1.54) is 23.9 Å². The Labute approximate surface area is 179 Å². The van der Waals surface area contributed by atoms with E-state index < -0.39 is 10.0 Å². The number of thioether (sulfide) groups is 1. The summed E-state index contributed by atoms with van der Waals surface area (Å²) in [7, 11) is -2.08. The SMILES string of the molecule is COc1cccc(-n2ccnc2SCC(=O)NCCc2ccc(S(N)(=O)=O)cc2)c1. The van der Waals surface area contributed by atoms with Crippen molar-refractivity contribution in [3.8, 4) is 11.4 Å². The Hall–Kier alpha value is -2.82. The summed E-state index contributed by atoms with van der Waals surface area (Å²) in [5, 5.41) is 8.64. The van der Waals surface area contributed by atoms with Crippen molar-refractivity contribution in [2.75, 3.05) is 19.4 Å². The van der Waals surface area contributed by atoms with E-state index in [0.29, 0.717) is 18.1 Å². The van der Waals surface area contributed by atoms with Crippen molar-refractivity contribution in [1.29, 1.82) is 0 Å². The lowest BCUT2D eigenvalue weighted by Crippen LogP contribution is -2.27. The van der Waals surface area contributed by atoms with E-state index in [9.17, 15) is 13.2 Å². The first-order valence-electron chi connectivity index (χ1n) is 9.06. The van der Waals surface area contributed by atoms with Gasteiger partial charge in [-0.2, -0.15) is 0 Å². The van der Waals surface area contributed by atoms with Crippen molar-refractivity contribution in [3.63, 3.8) is 0 Å². The van der Waals surface area contributed by atoms with Gasteiger partial charge in [-0.15, -0.1) is 0 Å². The van der Waals surface area contributed by atoms with E-state index in [4.69, 9.17) is 9.88 Å². The Morgan fingerprint density at radius 1 is 1.23 bits per heavy atom. The lowest BCUT2D eigenvalue weighted by molar-refractivity contribution is -0.118. The van der Waals surface area contributed by atoms with Crippen LogP contribution in [0.2, 0.25) is 0 Å². The molecule has 0 aliphatic heterocycles. The minimum Gasteiger partial charge on any atom is -0.497 e. The fourth-order valence-electron chi connectivity index (χ4n) is 2.73. The monoisotopic (exact) mass is 446 g/mol. The average molecular weight is 447 g/mol. The maximum Gasteiger partial charge on any atom is 0.238 e. The maximum absolute atomic E-state index is 12.2. The molecule has 3 N–H and O–H groups in total. The van der Waals surface area contributed by atoms with E-state index in [-0.39, 0.29) is 16.6 Å². The van der Waals surface area contributed by atoms with Gasteiger partial charge in [0.05, 0.1) is 23.4 Å². The van der Waals surface area contributed by atoms with Crippen LogP contribution in [0.1, 0.15) is 5.56 Å². The summed E-state index contributed by atoms with van der Waals surface area (Å²) in [6.07, 6.45) is 4.10. The average Bonchev–Trinajstić information content (AvgIpc) is 3.21. The number of imidazole rings is 1. The number of nitrogens with two attached hydrogens (primary N) is 1. The normalized spacial score (nSPS) is 11.3. The molecule has 1 amide bonds. The molecule has 3 rings (SSSR count). The summed E-state index contributed by atoms with van der Waals surface area (Å²) >= 11 is 1.34. The number of primary sulfonamides is 1. The second-order valence-corrected chi connectivity index (χ2v) is 8.86. The molecule has 0 bridgehead atoms. The van der Waals surface area contributed by atoms with Gasteiger partial charge in [-0.1, -0.05) is 30.0 Å². The number of hydrogen-bond donors (Lipinski definition) is 2. The van der Waals surface area contributed by atoms with Gasteiger partial charge in [-0.3, -0.25) is 9.36 Å². The third-order valence-electron chi connectivity index (χ3n) is 4.26. The van der Waals surface area contributed by atoms with Gasteiger partial charge in [0.1, 0.15) is 5.75 Å². The molecule has 0 aliphatic rings. The van der Waals surface area contributed by atoms with Crippen LogP contribution in [0.3, 0.4) is 0 Å². The highest BCUT2D eigenvalue weighted by Crippen LogP contribution is 2.23. The highest BCUT2D eigenvalue weighted by atomic mass is 32.2. The van der Waals surface area contributed by atoms with E-state index in [1.807, 2.05) is 35.0 Å². The molecule has 0 fully saturated rings. The van der Waals surface area contributed by atoms with Crippen LogP contribution in [-0.2, 0) is 21.2 Å². The van der Waals surface area contributed by atoms with E-state index in [2.05, 4.69) is 10.3 Å². The van der Waals surface area contributed by atoms with Gasteiger partial charge >= 0.3 is 0 Å². The third-order valence-corrected chi connectivity index (χ3v) is 6.15. The predicted octanol–water partition coefficient (Wildman–Crippen LogP) is 1.98. The summed E-state index contributed by atoms with van der Waals surface area (Å²) in [5.41, 5.74) is 1.81. The van der Waals surface area contributed by atoms with E-state index >= 15 is 0 Å². The van der Waals surface area contributed by atoms with Gasteiger partial charge in [-0.25, -0.2) is 18.5 Å². The van der Waals surface area contributed by atoms with Crippen molar-refractivity contribution in [2.45, 2.75) is 16.5 Å². The van der Waals surface area contributed by atoms with Crippen LogP contribution in [0.15, 0.2) is 71.0 Å². The van der Waals surface area contributed by atoms with E-state index in [0.717, 1.165) is 17.0 Å². The molecule has 0 spiro atoms. The molecule has 0 saturated carbocycles. The number of ether oxygens (including phenoxy) is 1. The first-order valence-corrected chi connectivity index (χ1v) is 11.6. The molecular formula is C20H22N4O4S2. The fraction of sp³-hybridized carbons (Fsp3) is 0.200. The second-order valence-electron chi connectivity index (χ2n) is 6.36. The van der Waals surface area contributed by atoms with Crippen molar-refractivity contribution >= 4 is 27.7 Å². The Morgan fingerprint density at radius 3 is 2.70 bits per heavy atom. The molecule has 10 heteroatoms. The number of aromatic nitrogens is 2. The van der Waals surface area contributed by atoms with Crippen LogP contribution >= 0.6 is 11.8 Å². The zero-order chi connectivity index (χ0) is 21.6. The van der Waals surface area contributed by atoms with Crippen LogP contribution in [0.25, 0.3) is 5.69 Å². The molecule has 0 radical (unpaired) electrons. The number of nitrogens with zero attached hydrogens (tertiary/aromatic N) is 2. The number of carbonyl (C=O) groups is 1. The van der Waals surface area contributed by atoms with Crippen molar-refractivity contribution in [1.82, 2.24) is 14.9 Å². The smallest absolute Gasteiger partial charge is 0.238 e. The number of amides is 1. The standard InChI is InChI=1S/C20H22N4O4S2/c1-28-17-4-2-3-16(13-17)24-12-11-23-20(24)29-14-19(25)22-10-9-15-5-7-18(8-6-15)30(21,26)27/h2-8,11-13H,9-10,14H2,1H3,(H,22,25)(H2,21,26,27). The minimum atomic E-state index is -3.70. The molecular weight excluding hydrogens is 424 g/mol. The topological polar surface area (TPSA) is 116 Å². The number of hydrogen-bond acceptors (Lipinski definition) is 6. The molecule has 158 valence electrons. The van der Waals surface area contributed by atoms with Gasteiger partial charge in [0.25, 0.3) is 0 Å². The summed E-state index contributed by atoms with van der Waals surface area (Å²) < 4.78 is 29.7. The second kappa shape index (κ2) is 9.79. The van der Waals surface area contributed by atoms with Crippen LogP contribution in [-0.4, -0.2) is 43.3 Å². The largest absolute Gasteiger partial charge is 0.497 e. The van der Waals surface area contributed by atoms with Crippen molar-refractivity contribution < 1.29 is 17.9 Å². The summed E-state index contributed by atoms with van der Waals surface area (Å²) in [6, 6.07) is 13.9. The highest BCUT2D eigenvalue weighted by molar-refractivity contribution is 7.99. The third kappa shape index (κ3) is 5.85. The number of carbonyl (C=O) groups excluding carboxylic acids is 1. The molecule has 8 nitrogen and oxygen atoms in total. The number of rotatable bonds is 9. The summed E-state index contributed by atoms with van der Waals surface area (Å²) in [5.74, 6) is 0.860. The number of sulfonamides is 1. The molecule has 2 aromatic carbocycles. The zero-order valence-electron chi connectivity index (χ0n) is 16.3. The fourth-order valence-corrected chi connectivity index (χ4v) is 4.04. The Morgan fingerprint density at radius 2 is 2.00 bits per heavy atom. The molecule has 1 aromatic heterocycles. The molecule has 0 unspecified atom stereocenters. The Bertz CT molecular complexity index is 1110. The summed E-state index contributed by atoms with van der Waals surface area (Å²) in [4.78, 5) is 16.6. The summed E-state index contributed by atoms with van der Waals surface area (Å²) in [6.45, 7) is 0.443. The minimum absolute atomic E-state index is 0.0678. The van der Waals surface area contributed by atoms with Gasteiger partial charge in [0.15, 0.2) is 5.16 Å². The van der Waals surface area contributed by atoms with E-state index in [1.54, 1.807) is 25.4 Å². The van der Waals surface area contributed by atoms with Gasteiger partial charge in [0.2, 0.25) is 15.9 Å². The maximum atomic E-state index is 12.2. The number of nitrogens with one attached hydrogen (secondary N) is 1. The first kappa shape index (κ1) is 21.9. The number of benzene rings is 2. The molecule has 0 saturated heterocycles. The van der Waals surface area contributed by atoms with Crippen LogP contribution in [0.5, 0.6) is 5.75 Å². The van der Waals surface area contributed by atoms with Crippen LogP contribution < -0.4 is 15.2 Å². The molecule has 0 aliphatic carbocycles. The van der Waals surface area contributed by atoms with Gasteiger partial charge in [0, 0.05) is 25.0 Å². The Kier molecular flexibility index (Phi) is 7.14. The van der Waals surface area contributed by atoms with Crippen LogP contribution in [0.4, 0.5) is 0 Å². The molecule has 30 heavy (non-hydrogen) atoms. The molecule has 1 heterocycles. The number of methoxy groups -OCH3 is 1. The lowest BCUT2D eigenvalue weighted by Gasteiger charge is -2.09. The first-order chi connectivity index (χ1) is 14.4. The van der Waals surface area contributed by atoms with Gasteiger partial charge in [-0.05, 0) is 36.2 Å². The van der Waals surface area contributed by atoms with Gasteiger partial charge < -0.3 is 10.1 Å². The quantitative estimate of drug-likeness (QED) is 0.486. The Balaban J connectivity index is 1.49. The molecule has 3 aromatic rings. The zero-order valence-corrected chi connectivity index (χ0v) is 17.9. The lowest BCUT2D eigenvalue weighted by atomic mass is 10.1. The predicted molar refractivity (Wildman–Crippen MR) is 115 cm³/mol. The molecule has 0 atom stereocenters. The van der Waals surface area contributed by atoms with Crippen molar-refractivity contribution in [3.05, 3.63) is 66.5 Å². The van der Waals surface area contributed by atoms with Crippen LogP contribution in [0, 0.1) is 0 Å². The highest BCUT2D eigenvalue weighted by Gasteiger charge is 2.10.